The van der Waals surface area contributed by atoms with Crippen LogP contribution in [-0.4, -0.2) is 18.7 Å². The van der Waals surface area contributed by atoms with E-state index in [2.05, 4.69) is 6.92 Å². The molecule has 0 bridgehead atoms. The monoisotopic (exact) mass is 484 g/mol. The van der Waals surface area contributed by atoms with Crippen molar-refractivity contribution in [2.24, 2.45) is 0 Å². The normalized spacial score (nSPS) is 11.5. The van der Waals surface area contributed by atoms with Crippen LogP contribution in [0.2, 0.25) is 0 Å². The second-order valence-electron chi connectivity index (χ2n) is 9.39. The molecule has 0 aliphatic rings. The van der Waals surface area contributed by atoms with Crippen molar-refractivity contribution in [1.82, 2.24) is 0 Å². The van der Waals surface area contributed by atoms with Gasteiger partial charge in [0.1, 0.15) is 0 Å². The van der Waals surface area contributed by atoms with E-state index in [1.807, 2.05) is 0 Å². The molecule has 0 aliphatic heterocycles. The summed E-state index contributed by atoms with van der Waals surface area (Å²) in [7, 11) is -4.00. The molecule has 3 nitrogen and oxygen atoms in total. The molecular formula is C26H53KO3S. The first-order chi connectivity index (χ1) is 14.6. The quantitative estimate of drug-likeness (QED) is 0.0918. The summed E-state index contributed by atoms with van der Waals surface area (Å²) < 4.78 is 31.5. The van der Waals surface area contributed by atoms with Gasteiger partial charge in [-0.15, -0.1) is 0 Å². The van der Waals surface area contributed by atoms with Crippen molar-refractivity contribution in [2.75, 3.05) is 5.75 Å². The maximum Gasteiger partial charge on any atom is 1.00 e. The van der Waals surface area contributed by atoms with Crippen molar-refractivity contribution in [3.05, 3.63) is 0 Å². The van der Waals surface area contributed by atoms with Gasteiger partial charge in [-0.05, 0) is 6.42 Å². The molecule has 5 heteroatoms. The van der Waals surface area contributed by atoms with E-state index in [4.69, 9.17) is 0 Å². The molecule has 0 spiro atoms. The van der Waals surface area contributed by atoms with Crippen molar-refractivity contribution < 1.29 is 64.4 Å². The van der Waals surface area contributed by atoms with E-state index in [1.54, 1.807) is 0 Å². The third kappa shape index (κ3) is 33.8. The van der Waals surface area contributed by atoms with Crippen LogP contribution >= 0.6 is 0 Å². The Hall–Kier alpha value is 1.55. The van der Waals surface area contributed by atoms with Gasteiger partial charge in [0.25, 0.3) is 0 Å². The van der Waals surface area contributed by atoms with E-state index < -0.39 is 10.1 Å². The van der Waals surface area contributed by atoms with Crippen molar-refractivity contribution >= 4 is 10.1 Å². The fraction of sp³-hybridized carbons (Fsp3) is 1.00. The summed E-state index contributed by atoms with van der Waals surface area (Å²) in [5.74, 6) is -0.188. The molecule has 182 valence electrons. The van der Waals surface area contributed by atoms with Crippen LogP contribution in [0, 0.1) is 0 Å². The number of hydrogen-bond acceptors (Lipinski definition) is 3. The maximum absolute atomic E-state index is 10.5. The minimum Gasteiger partial charge on any atom is -0.748 e. The largest absolute Gasteiger partial charge is 1.00 e. The standard InChI is InChI=1S/C26H54O3S.K/c1-2-3-4-5-6-7-8-9-10-11-12-13-14-15-16-17-18-19-20-21-22-23-24-25-26-30(27,28)29;/h2-26H2,1H3,(H,27,28,29);/q;+1/p-1. The molecular weight excluding hydrogens is 431 g/mol. The first kappa shape index (κ1) is 34.7. The molecule has 0 atom stereocenters. The maximum atomic E-state index is 10.5. The van der Waals surface area contributed by atoms with Crippen LogP contribution in [0.4, 0.5) is 0 Å². The van der Waals surface area contributed by atoms with Crippen LogP contribution in [0.15, 0.2) is 0 Å². The molecule has 0 fully saturated rings. The summed E-state index contributed by atoms with van der Waals surface area (Å²) in [5, 5.41) is 0. The smallest absolute Gasteiger partial charge is 0.748 e. The van der Waals surface area contributed by atoms with Gasteiger partial charge in [-0.3, -0.25) is 0 Å². The zero-order chi connectivity index (χ0) is 22.2. The number of rotatable bonds is 25. The predicted molar refractivity (Wildman–Crippen MR) is 131 cm³/mol. The molecule has 0 aromatic rings. The van der Waals surface area contributed by atoms with Crippen LogP contribution in [-0.2, 0) is 10.1 Å². The fourth-order valence-electron chi connectivity index (χ4n) is 4.24. The Morgan fingerprint density at radius 2 is 0.613 bits per heavy atom. The SMILES string of the molecule is CCCCCCCCCCCCCCCCCCCCCCCCCCS(=O)(=O)[O-].[K+]. The van der Waals surface area contributed by atoms with Crippen molar-refractivity contribution in [2.45, 2.75) is 161 Å². The van der Waals surface area contributed by atoms with Gasteiger partial charge in [0, 0.05) is 5.75 Å². The molecule has 0 saturated carbocycles. The molecule has 0 saturated heterocycles. The third-order valence-corrected chi connectivity index (χ3v) is 7.04. The minimum atomic E-state index is -4.00. The molecule has 0 aliphatic carbocycles. The first-order valence-electron chi connectivity index (χ1n) is 13.5. The Morgan fingerprint density at radius 1 is 0.419 bits per heavy atom. The van der Waals surface area contributed by atoms with E-state index in [1.165, 1.54) is 135 Å². The molecule has 0 aromatic heterocycles. The van der Waals surface area contributed by atoms with E-state index >= 15 is 0 Å². The van der Waals surface area contributed by atoms with Gasteiger partial charge in [0.2, 0.25) is 0 Å². The van der Waals surface area contributed by atoms with Gasteiger partial charge >= 0.3 is 51.4 Å². The molecule has 0 aromatic carbocycles. The second kappa shape index (κ2) is 27.8. The van der Waals surface area contributed by atoms with Crippen LogP contribution < -0.4 is 51.4 Å². The molecule has 0 rings (SSSR count). The number of hydrogen-bond donors (Lipinski definition) is 0. The Labute approximate surface area is 238 Å². The van der Waals surface area contributed by atoms with Gasteiger partial charge in [0.05, 0.1) is 10.1 Å². The molecule has 0 radical (unpaired) electrons. The van der Waals surface area contributed by atoms with Crippen LogP contribution in [0.25, 0.3) is 0 Å². The Balaban J connectivity index is 0. The Bertz CT molecular complexity index is 426. The molecule has 0 amide bonds. The van der Waals surface area contributed by atoms with E-state index in [-0.39, 0.29) is 57.1 Å². The van der Waals surface area contributed by atoms with Gasteiger partial charge in [-0.2, -0.15) is 0 Å². The summed E-state index contributed by atoms with van der Waals surface area (Å²) in [4.78, 5) is 0. The minimum absolute atomic E-state index is 0. The average molecular weight is 485 g/mol. The molecule has 0 unspecified atom stereocenters. The second-order valence-corrected chi connectivity index (χ2v) is 10.9. The molecule has 0 N–H and O–H groups in total. The molecule has 0 heterocycles. The Kier molecular flexibility index (Phi) is 31.1. The predicted octanol–water partition coefficient (Wildman–Crippen LogP) is 5.92. The third-order valence-electron chi connectivity index (χ3n) is 6.25. The Morgan fingerprint density at radius 3 is 0.806 bits per heavy atom. The van der Waals surface area contributed by atoms with Crippen LogP contribution in [0.1, 0.15) is 161 Å². The van der Waals surface area contributed by atoms with Gasteiger partial charge in [-0.1, -0.05) is 155 Å². The van der Waals surface area contributed by atoms with Gasteiger partial charge in [-0.25, -0.2) is 8.42 Å². The zero-order valence-electron chi connectivity index (χ0n) is 21.3. The number of unbranched alkanes of at least 4 members (excludes halogenated alkanes) is 23. The van der Waals surface area contributed by atoms with Crippen molar-refractivity contribution in [1.29, 1.82) is 0 Å². The summed E-state index contributed by atoms with van der Waals surface area (Å²) >= 11 is 0. The summed E-state index contributed by atoms with van der Waals surface area (Å²) in [6.07, 6.45) is 31.8. The van der Waals surface area contributed by atoms with Crippen molar-refractivity contribution in [3.8, 4) is 0 Å². The van der Waals surface area contributed by atoms with Gasteiger partial charge < -0.3 is 4.55 Å². The fourth-order valence-corrected chi connectivity index (χ4v) is 4.80. The van der Waals surface area contributed by atoms with Crippen LogP contribution in [0.5, 0.6) is 0 Å². The summed E-state index contributed by atoms with van der Waals surface area (Å²) in [6, 6.07) is 0. The van der Waals surface area contributed by atoms with Crippen molar-refractivity contribution in [3.63, 3.8) is 0 Å². The van der Waals surface area contributed by atoms with Gasteiger partial charge in [0.15, 0.2) is 0 Å². The first-order valence-corrected chi connectivity index (χ1v) is 15.1. The topological polar surface area (TPSA) is 57.2 Å². The van der Waals surface area contributed by atoms with E-state index in [9.17, 15) is 13.0 Å². The van der Waals surface area contributed by atoms with E-state index in [0.29, 0.717) is 6.42 Å². The molecule has 31 heavy (non-hydrogen) atoms. The summed E-state index contributed by atoms with van der Waals surface area (Å²) in [6.45, 7) is 2.29. The average Bonchev–Trinajstić information content (AvgIpc) is 2.70. The van der Waals surface area contributed by atoms with Crippen LogP contribution in [0.3, 0.4) is 0 Å². The summed E-state index contributed by atoms with van der Waals surface area (Å²) in [5.41, 5.74) is 0. The zero-order valence-corrected chi connectivity index (χ0v) is 25.3. The van der Waals surface area contributed by atoms with E-state index in [0.717, 1.165) is 12.8 Å².